The Hall–Kier alpha value is -0.590. The van der Waals surface area contributed by atoms with Crippen molar-refractivity contribution in [3.8, 4) is 11.1 Å². The quantitative estimate of drug-likeness (QED) is 0.280. The number of hydrogen-bond acceptors (Lipinski definition) is 6. The van der Waals surface area contributed by atoms with Crippen LogP contribution in [-0.2, 0) is 41.7 Å². The monoisotopic (exact) mass is 601 g/mol. The second kappa shape index (κ2) is 13.1. The maximum atomic E-state index is 12.3. The minimum Gasteiger partial charge on any atom is -1.00 e. The second-order valence-corrected chi connectivity index (χ2v) is 12.3. The Kier molecular flexibility index (Phi) is 11.4. The van der Waals surface area contributed by atoms with Gasteiger partial charge in [-0.3, -0.25) is 4.57 Å². The summed E-state index contributed by atoms with van der Waals surface area (Å²) in [5.41, 5.74) is 4.07. The average molecular weight is 602 g/mol. The number of hydrogen-bond donors (Lipinski definition) is 1. The van der Waals surface area contributed by atoms with Crippen LogP contribution in [0.4, 0.5) is 9.05 Å². The smallest absolute Gasteiger partial charge is 1.00 e. The zero-order valence-corrected chi connectivity index (χ0v) is 24.1. The van der Waals surface area contributed by atoms with Crippen molar-refractivity contribution in [3.63, 3.8) is 0 Å². The van der Waals surface area contributed by atoms with E-state index in [1.807, 2.05) is 30.3 Å². The Morgan fingerprint density at radius 3 is 2.15 bits per heavy atom. The Morgan fingerprint density at radius 2 is 1.56 bits per heavy atom. The van der Waals surface area contributed by atoms with Gasteiger partial charge in [-0.2, -0.15) is 11.8 Å². The fourth-order valence-electron chi connectivity index (χ4n) is 3.01. The fraction of sp³-hybridized carbons (Fsp3) is 0.143. The molecule has 0 spiro atoms. The number of rotatable bonds is 10. The van der Waals surface area contributed by atoms with Crippen molar-refractivity contribution in [1.82, 2.24) is 0 Å². The van der Waals surface area contributed by atoms with Crippen molar-refractivity contribution in [2.45, 2.75) is 22.6 Å². The maximum Gasteiger partial charge on any atom is 1.00 e. The Bertz CT molecular complexity index is 1280. The van der Waals surface area contributed by atoms with Crippen LogP contribution in [0.25, 0.3) is 11.1 Å². The van der Waals surface area contributed by atoms with E-state index in [1.54, 1.807) is 42.1 Å². The summed E-state index contributed by atoms with van der Waals surface area (Å²) >= 11 is 4.97. The van der Waals surface area contributed by atoms with E-state index in [1.165, 1.54) is 6.07 Å². The first-order valence-corrected chi connectivity index (χ1v) is 14.6. The van der Waals surface area contributed by atoms with Crippen LogP contribution in [0.15, 0.2) is 76.1 Å². The second-order valence-electron chi connectivity index (χ2n) is 7.10. The Labute approximate surface area is 232 Å². The van der Waals surface area contributed by atoms with Gasteiger partial charge in [0.05, 0.1) is 11.1 Å². The van der Waals surface area contributed by atoms with E-state index in [2.05, 4.69) is 25.4 Å². The SMILES string of the molecule is NS(=O)(=O)c1cccc(-c2ccc(CSCc3ccc(CP(=O)(OF)OF)c(Br)c3)cc2)c1.[H-].[Na+]. The normalized spacial score (nSPS) is 11.8. The van der Waals surface area contributed by atoms with Crippen LogP contribution < -0.4 is 34.7 Å². The van der Waals surface area contributed by atoms with Crippen LogP contribution in [0.3, 0.4) is 0 Å². The summed E-state index contributed by atoms with van der Waals surface area (Å²) in [7, 11) is -8.21. The molecule has 0 aliphatic heterocycles. The molecule has 0 aromatic heterocycles. The maximum absolute atomic E-state index is 12.3. The van der Waals surface area contributed by atoms with Crippen molar-refractivity contribution in [3.05, 3.63) is 87.9 Å². The van der Waals surface area contributed by atoms with Crippen LogP contribution in [-0.4, -0.2) is 8.42 Å². The molecule has 6 nitrogen and oxygen atoms in total. The first kappa shape index (κ1) is 29.6. The van der Waals surface area contributed by atoms with E-state index in [4.69, 9.17) is 5.14 Å². The van der Waals surface area contributed by atoms with Crippen LogP contribution in [0, 0.1) is 0 Å². The first-order chi connectivity index (χ1) is 15.6. The molecule has 3 aromatic carbocycles. The van der Waals surface area contributed by atoms with Crippen LogP contribution in [0.2, 0.25) is 0 Å². The molecular formula is C21H20BrF2NNaO5PS2. The van der Waals surface area contributed by atoms with Crippen LogP contribution in [0.1, 0.15) is 18.1 Å². The summed E-state index contributed by atoms with van der Waals surface area (Å²) in [6, 6.07) is 19.4. The van der Waals surface area contributed by atoms with Crippen molar-refractivity contribution in [2.75, 3.05) is 0 Å². The average Bonchev–Trinajstić information content (AvgIpc) is 2.81. The van der Waals surface area contributed by atoms with Crippen molar-refractivity contribution in [2.24, 2.45) is 5.14 Å². The molecule has 3 aromatic rings. The minimum atomic E-state index is -4.45. The molecule has 0 saturated heterocycles. The molecule has 0 atom stereocenters. The van der Waals surface area contributed by atoms with E-state index in [-0.39, 0.29) is 35.9 Å². The van der Waals surface area contributed by atoms with Gasteiger partial charge in [-0.15, -0.1) is 9.46 Å². The Morgan fingerprint density at radius 1 is 0.941 bits per heavy atom. The van der Waals surface area contributed by atoms with Gasteiger partial charge in [-0.25, -0.2) is 13.6 Å². The third kappa shape index (κ3) is 8.23. The number of nitrogens with two attached hydrogens (primary N) is 1. The number of primary sulfonamides is 1. The molecule has 2 N–H and O–H groups in total. The molecule has 0 radical (unpaired) electrons. The van der Waals surface area contributed by atoms with Gasteiger partial charge in [-0.1, -0.05) is 64.5 Å². The van der Waals surface area contributed by atoms with Gasteiger partial charge in [-0.05, 0) is 55.1 Å². The molecule has 0 bridgehead atoms. The largest absolute Gasteiger partial charge is 1.00 e. The van der Waals surface area contributed by atoms with E-state index in [9.17, 15) is 22.0 Å². The molecule has 0 amide bonds. The van der Waals surface area contributed by atoms with Gasteiger partial charge in [0.1, 0.15) is 0 Å². The molecule has 34 heavy (non-hydrogen) atoms. The molecule has 0 unspecified atom stereocenters. The minimum absolute atomic E-state index is 0. The molecule has 0 saturated carbocycles. The molecule has 0 fully saturated rings. The third-order valence-corrected chi connectivity index (χ3v) is 8.55. The van der Waals surface area contributed by atoms with E-state index in [0.717, 1.165) is 28.0 Å². The van der Waals surface area contributed by atoms with Crippen molar-refractivity contribution < 1.29 is 62.5 Å². The summed E-state index contributed by atoms with van der Waals surface area (Å²) in [6.45, 7) is 0. The van der Waals surface area contributed by atoms with E-state index >= 15 is 0 Å². The molecule has 0 aliphatic carbocycles. The standard InChI is InChI=1S/C21H19BrF2NO5PS2.Na.H/c22-21-10-16(6-9-19(21)12-31(26,29-23)30-24)14-32-13-15-4-7-17(8-5-15)18-2-1-3-20(11-18)33(25,27)28;;/h1-11H,12-14H2,(H2,25,27,28);;/q;+1;-1. The fourth-order valence-corrected chi connectivity index (χ4v) is 6.11. The molecule has 0 aliphatic rings. The zero-order valence-electron chi connectivity index (χ0n) is 19.0. The van der Waals surface area contributed by atoms with Crippen molar-refractivity contribution in [1.29, 1.82) is 0 Å². The summed E-state index contributed by atoms with van der Waals surface area (Å²) in [5.74, 6) is 1.41. The number of thioether (sulfide) groups is 1. The first-order valence-electron chi connectivity index (χ1n) is 9.40. The number of benzene rings is 3. The zero-order chi connectivity index (χ0) is 24.1. The summed E-state index contributed by atoms with van der Waals surface area (Å²) < 4.78 is 66.1. The predicted octanol–water partition coefficient (Wildman–Crippen LogP) is 3.81. The van der Waals surface area contributed by atoms with Crippen LogP contribution in [0.5, 0.6) is 0 Å². The van der Waals surface area contributed by atoms with Gasteiger partial charge in [0.2, 0.25) is 10.0 Å². The Balaban J connectivity index is 0.00000306. The predicted molar refractivity (Wildman–Crippen MR) is 129 cm³/mol. The van der Waals surface area contributed by atoms with Gasteiger partial charge in [0, 0.05) is 16.0 Å². The molecular weight excluding hydrogens is 582 g/mol. The van der Waals surface area contributed by atoms with E-state index in [0.29, 0.717) is 15.8 Å². The third-order valence-electron chi connectivity index (χ3n) is 4.68. The van der Waals surface area contributed by atoms with Crippen molar-refractivity contribution >= 4 is 45.3 Å². The number of sulfonamides is 1. The van der Waals surface area contributed by atoms with Gasteiger partial charge in [0.15, 0.2) is 0 Å². The topological polar surface area (TPSA) is 95.7 Å². The summed E-state index contributed by atoms with van der Waals surface area (Å²) in [5, 5.41) is 5.20. The number of halogens is 3. The molecule has 178 valence electrons. The van der Waals surface area contributed by atoms with Gasteiger partial charge in [0.25, 0.3) is 0 Å². The molecule has 13 heteroatoms. The molecule has 3 rings (SSSR count). The summed E-state index contributed by atoms with van der Waals surface area (Å²) in [4.78, 5) is 0.0640. The van der Waals surface area contributed by atoms with Crippen LogP contribution >= 0.6 is 35.3 Å². The van der Waals surface area contributed by atoms with Gasteiger partial charge < -0.3 is 1.43 Å². The van der Waals surface area contributed by atoms with E-state index < -0.39 is 23.8 Å². The molecule has 0 heterocycles. The summed E-state index contributed by atoms with van der Waals surface area (Å²) in [6.07, 6.45) is -0.541. The van der Waals surface area contributed by atoms with Gasteiger partial charge >= 0.3 is 37.2 Å².